The molecule has 0 aliphatic carbocycles. The molecule has 0 radical (unpaired) electrons. The summed E-state index contributed by atoms with van der Waals surface area (Å²) in [4.78, 5) is 9.30. The lowest BCUT2D eigenvalue weighted by atomic mass is 10.1. The normalized spacial score (nSPS) is 20.1. The lowest BCUT2D eigenvalue weighted by Crippen LogP contribution is -2.49. The van der Waals surface area contributed by atoms with E-state index in [1.165, 1.54) is 5.69 Å². The van der Waals surface area contributed by atoms with E-state index in [1.807, 2.05) is 12.5 Å². The zero-order chi connectivity index (χ0) is 13.8. The molecule has 0 saturated carbocycles. The average Bonchev–Trinajstić information content (AvgIpc) is 2.90. The van der Waals surface area contributed by atoms with Crippen LogP contribution in [0.3, 0.4) is 0 Å². The van der Waals surface area contributed by atoms with Gasteiger partial charge in [-0.05, 0) is 20.4 Å². The van der Waals surface area contributed by atoms with E-state index >= 15 is 0 Å². The molecule has 2 heterocycles. The maximum Gasteiger partial charge on any atom is 0.0951 e. The molecule has 1 aromatic heterocycles. The number of likely N-dealkylation sites (N-methyl/N-ethyl adjacent to an activating group) is 1. The highest BCUT2D eigenvalue weighted by Gasteiger charge is 2.26. The van der Waals surface area contributed by atoms with Gasteiger partial charge in [-0.15, -0.1) is 0 Å². The van der Waals surface area contributed by atoms with Gasteiger partial charge in [-0.25, -0.2) is 4.98 Å². The molecule has 0 bridgehead atoms. The highest BCUT2D eigenvalue weighted by molar-refractivity contribution is 5.08. The van der Waals surface area contributed by atoms with Crippen molar-refractivity contribution in [3.05, 3.63) is 18.2 Å². The summed E-state index contributed by atoms with van der Waals surface area (Å²) < 4.78 is 2.24. The molecule has 0 aromatic carbocycles. The smallest absolute Gasteiger partial charge is 0.0951 e. The van der Waals surface area contributed by atoms with E-state index in [2.05, 4.69) is 40.1 Å². The summed E-state index contributed by atoms with van der Waals surface area (Å²) in [5.41, 5.74) is 7.29. The first-order valence-electron chi connectivity index (χ1n) is 7.35. The standard InChI is InChI=1S/C14H27N5/c1-4-17-5-7-18(8-6-17)13(9-15)14-10-16-11-19(14)12(2)3/h10-13H,4-9,15H2,1-3H3. The van der Waals surface area contributed by atoms with Crippen LogP contribution in [0, 0.1) is 0 Å². The summed E-state index contributed by atoms with van der Waals surface area (Å²) in [6, 6.07) is 0.729. The van der Waals surface area contributed by atoms with Crippen LogP contribution in [-0.2, 0) is 0 Å². The lowest BCUT2D eigenvalue weighted by molar-refractivity contribution is 0.0983. The van der Waals surface area contributed by atoms with Gasteiger partial charge in [-0.2, -0.15) is 0 Å². The van der Waals surface area contributed by atoms with E-state index in [-0.39, 0.29) is 0 Å². The van der Waals surface area contributed by atoms with Crippen molar-refractivity contribution in [2.75, 3.05) is 39.3 Å². The predicted molar refractivity (Wildman–Crippen MR) is 78.1 cm³/mol. The molecular weight excluding hydrogens is 238 g/mol. The molecule has 1 aromatic rings. The van der Waals surface area contributed by atoms with E-state index in [9.17, 15) is 0 Å². The highest BCUT2D eigenvalue weighted by Crippen LogP contribution is 2.23. The lowest BCUT2D eigenvalue weighted by Gasteiger charge is -2.39. The van der Waals surface area contributed by atoms with Gasteiger partial charge in [0, 0.05) is 45.0 Å². The van der Waals surface area contributed by atoms with Crippen LogP contribution in [0.25, 0.3) is 0 Å². The molecule has 1 aliphatic rings. The predicted octanol–water partition coefficient (Wildman–Crippen LogP) is 1.10. The monoisotopic (exact) mass is 265 g/mol. The van der Waals surface area contributed by atoms with E-state index in [0.717, 1.165) is 32.7 Å². The summed E-state index contributed by atoms with van der Waals surface area (Å²) in [7, 11) is 0. The number of hydrogen-bond donors (Lipinski definition) is 1. The van der Waals surface area contributed by atoms with Crippen LogP contribution in [0.1, 0.15) is 38.5 Å². The number of hydrogen-bond acceptors (Lipinski definition) is 4. The fraction of sp³-hybridized carbons (Fsp3) is 0.786. The Hall–Kier alpha value is -0.910. The molecule has 1 fully saturated rings. The Labute approximate surface area is 116 Å². The second kappa shape index (κ2) is 6.50. The summed E-state index contributed by atoms with van der Waals surface area (Å²) in [6.07, 6.45) is 3.90. The van der Waals surface area contributed by atoms with Gasteiger partial charge in [0.2, 0.25) is 0 Å². The Morgan fingerprint density at radius 1 is 1.26 bits per heavy atom. The number of aromatic nitrogens is 2. The molecular formula is C14H27N5. The van der Waals surface area contributed by atoms with Crippen molar-refractivity contribution < 1.29 is 0 Å². The van der Waals surface area contributed by atoms with Crippen LogP contribution >= 0.6 is 0 Å². The highest BCUT2D eigenvalue weighted by atomic mass is 15.3. The third kappa shape index (κ3) is 3.16. The first kappa shape index (κ1) is 14.5. The Balaban J connectivity index is 2.10. The van der Waals surface area contributed by atoms with E-state index in [1.54, 1.807) is 0 Å². The maximum atomic E-state index is 6.03. The number of imidazole rings is 1. The van der Waals surface area contributed by atoms with Crippen molar-refractivity contribution in [2.45, 2.75) is 32.9 Å². The summed E-state index contributed by atoms with van der Waals surface area (Å²) in [5.74, 6) is 0. The molecule has 5 nitrogen and oxygen atoms in total. The van der Waals surface area contributed by atoms with E-state index in [0.29, 0.717) is 18.6 Å². The van der Waals surface area contributed by atoms with E-state index in [4.69, 9.17) is 5.73 Å². The van der Waals surface area contributed by atoms with Crippen LogP contribution < -0.4 is 5.73 Å². The second-order valence-corrected chi connectivity index (χ2v) is 5.54. The topological polar surface area (TPSA) is 50.3 Å². The SMILES string of the molecule is CCN1CCN(C(CN)c2cncn2C(C)C)CC1. The molecule has 19 heavy (non-hydrogen) atoms. The fourth-order valence-electron chi connectivity index (χ4n) is 2.85. The van der Waals surface area contributed by atoms with Gasteiger partial charge in [-0.3, -0.25) is 4.90 Å². The Morgan fingerprint density at radius 3 is 2.47 bits per heavy atom. The average molecular weight is 265 g/mol. The van der Waals surface area contributed by atoms with Crippen molar-refractivity contribution in [3.63, 3.8) is 0 Å². The molecule has 0 amide bonds. The van der Waals surface area contributed by atoms with Crippen LogP contribution in [0.15, 0.2) is 12.5 Å². The van der Waals surface area contributed by atoms with Crippen molar-refractivity contribution >= 4 is 0 Å². The van der Waals surface area contributed by atoms with Gasteiger partial charge in [0.15, 0.2) is 0 Å². The molecule has 1 aliphatic heterocycles. The zero-order valence-corrected chi connectivity index (χ0v) is 12.4. The summed E-state index contributed by atoms with van der Waals surface area (Å²) in [5, 5.41) is 0. The Bertz CT molecular complexity index is 379. The molecule has 108 valence electrons. The van der Waals surface area contributed by atoms with Crippen LogP contribution in [0.5, 0.6) is 0 Å². The fourth-order valence-corrected chi connectivity index (χ4v) is 2.85. The van der Waals surface area contributed by atoms with Gasteiger partial charge in [0.05, 0.1) is 18.1 Å². The van der Waals surface area contributed by atoms with Crippen LogP contribution in [0.2, 0.25) is 0 Å². The van der Waals surface area contributed by atoms with Crippen molar-refractivity contribution in [1.82, 2.24) is 19.4 Å². The first-order chi connectivity index (χ1) is 9.17. The minimum Gasteiger partial charge on any atom is -0.331 e. The van der Waals surface area contributed by atoms with E-state index < -0.39 is 0 Å². The molecule has 2 N–H and O–H groups in total. The van der Waals surface area contributed by atoms with Gasteiger partial charge in [0.25, 0.3) is 0 Å². The molecule has 1 saturated heterocycles. The molecule has 1 unspecified atom stereocenters. The van der Waals surface area contributed by atoms with Gasteiger partial charge < -0.3 is 15.2 Å². The number of nitrogens with zero attached hydrogens (tertiary/aromatic N) is 4. The molecule has 1 atom stereocenters. The minimum absolute atomic E-state index is 0.295. The number of nitrogens with two attached hydrogens (primary N) is 1. The van der Waals surface area contributed by atoms with Gasteiger partial charge in [-0.1, -0.05) is 6.92 Å². The van der Waals surface area contributed by atoms with Crippen molar-refractivity contribution in [1.29, 1.82) is 0 Å². The summed E-state index contributed by atoms with van der Waals surface area (Å²) in [6.45, 7) is 12.9. The maximum absolute atomic E-state index is 6.03. The Kier molecular flexibility index (Phi) is 4.96. The summed E-state index contributed by atoms with van der Waals surface area (Å²) >= 11 is 0. The molecule has 2 rings (SSSR count). The number of rotatable bonds is 5. The molecule has 5 heteroatoms. The number of piperazine rings is 1. The quantitative estimate of drug-likeness (QED) is 0.866. The minimum atomic E-state index is 0.295. The van der Waals surface area contributed by atoms with Crippen molar-refractivity contribution in [2.24, 2.45) is 5.73 Å². The van der Waals surface area contributed by atoms with Crippen LogP contribution in [0.4, 0.5) is 0 Å². The van der Waals surface area contributed by atoms with Gasteiger partial charge >= 0.3 is 0 Å². The molecule has 0 spiro atoms. The zero-order valence-electron chi connectivity index (χ0n) is 12.4. The largest absolute Gasteiger partial charge is 0.331 e. The third-order valence-electron chi connectivity index (χ3n) is 4.11. The first-order valence-corrected chi connectivity index (χ1v) is 7.35. The van der Waals surface area contributed by atoms with Crippen LogP contribution in [-0.4, -0.2) is 58.6 Å². The second-order valence-electron chi connectivity index (χ2n) is 5.54. The Morgan fingerprint density at radius 2 is 1.95 bits per heavy atom. The van der Waals surface area contributed by atoms with Gasteiger partial charge in [0.1, 0.15) is 0 Å². The van der Waals surface area contributed by atoms with Crippen molar-refractivity contribution in [3.8, 4) is 0 Å². The third-order valence-corrected chi connectivity index (χ3v) is 4.11.